The molecule has 0 aliphatic heterocycles. The molecule has 0 bridgehead atoms. The molecule has 0 saturated carbocycles. The monoisotopic (exact) mass is 302 g/mol. The van der Waals surface area contributed by atoms with Crippen molar-refractivity contribution < 1.29 is 37.4 Å². The van der Waals surface area contributed by atoms with Crippen LogP contribution in [0.1, 0.15) is 17.3 Å². The number of rotatable bonds is 2. The van der Waals surface area contributed by atoms with Crippen LogP contribution in [0.5, 0.6) is 5.75 Å². The van der Waals surface area contributed by atoms with Gasteiger partial charge >= 0.3 is 0 Å². The van der Waals surface area contributed by atoms with Crippen LogP contribution in [0.15, 0.2) is 18.2 Å². The third-order valence-corrected chi connectivity index (χ3v) is 1.95. The zero-order valence-corrected chi connectivity index (χ0v) is 11.6. The molecule has 0 spiro atoms. The summed E-state index contributed by atoms with van der Waals surface area (Å²) in [6.45, 7) is 2.06. The van der Waals surface area contributed by atoms with Crippen LogP contribution in [0.25, 0.3) is 0 Å². The summed E-state index contributed by atoms with van der Waals surface area (Å²) in [5.74, 6) is 0.880. The van der Waals surface area contributed by atoms with Crippen LogP contribution in [0.3, 0.4) is 0 Å². The third kappa shape index (κ3) is 3.55. The molecule has 0 aromatic heterocycles. The summed E-state index contributed by atoms with van der Waals surface area (Å²) in [7, 11) is 1.66. The average Bonchev–Trinajstić information content (AvgIpc) is 2.05. The second kappa shape index (κ2) is 6.12. The molecule has 1 aromatic rings. The van der Waals surface area contributed by atoms with Crippen LogP contribution in [0.4, 0.5) is 0 Å². The Kier molecular flexibility index (Phi) is 6.43. The van der Waals surface area contributed by atoms with Crippen molar-refractivity contribution in [3.63, 3.8) is 0 Å². The number of hydrogen-bond donors (Lipinski definition) is 0. The number of alkyl halides is 1. The Morgan fingerprint density at radius 2 is 2.25 bits per heavy atom. The molecule has 63 valence electrons. The van der Waals surface area contributed by atoms with Crippen LogP contribution in [0, 0.1) is 6.07 Å². The van der Waals surface area contributed by atoms with Crippen LogP contribution >= 0.6 is 15.9 Å². The minimum absolute atomic E-state index is 0. The largest absolute Gasteiger partial charge is 0.522 e. The van der Waals surface area contributed by atoms with Crippen LogP contribution in [0.2, 0.25) is 0 Å². The van der Waals surface area contributed by atoms with E-state index in [0.29, 0.717) is 4.83 Å². The van der Waals surface area contributed by atoms with Gasteiger partial charge in [0.25, 0.3) is 0 Å². The van der Waals surface area contributed by atoms with Crippen molar-refractivity contribution in [3.8, 4) is 5.75 Å². The summed E-state index contributed by atoms with van der Waals surface area (Å²) in [6.07, 6.45) is 0. The molecule has 1 rings (SSSR count). The zero-order chi connectivity index (χ0) is 8.27. The molecule has 0 aliphatic rings. The smallest absolute Gasteiger partial charge is 0.0743 e. The molecule has 3 heteroatoms. The Balaban J connectivity index is 0.00000121. The maximum absolute atomic E-state index is 5.06. The van der Waals surface area contributed by atoms with Gasteiger partial charge in [-0.3, -0.25) is 0 Å². The van der Waals surface area contributed by atoms with Gasteiger partial charge in [0.15, 0.2) is 0 Å². The molecule has 12 heavy (non-hydrogen) atoms. The molecule has 1 radical (unpaired) electrons. The Labute approximate surface area is 107 Å². The van der Waals surface area contributed by atoms with Crippen molar-refractivity contribution in [1.82, 2.24) is 0 Å². The first-order valence-electron chi connectivity index (χ1n) is 3.43. The van der Waals surface area contributed by atoms with Gasteiger partial charge < -0.3 is 4.74 Å². The Bertz CT molecular complexity index is 238. The number of hydrogen-bond acceptors (Lipinski definition) is 1. The number of ether oxygens (including phenoxy) is 1. The van der Waals surface area contributed by atoms with Gasteiger partial charge in [-0.2, -0.15) is 12.1 Å². The van der Waals surface area contributed by atoms with Gasteiger partial charge in [-0.1, -0.05) is 22.9 Å². The Hall–Kier alpha value is 0.604. The quantitative estimate of drug-likeness (QED) is 0.603. The molecule has 0 unspecified atom stereocenters. The molecule has 0 saturated heterocycles. The molecule has 0 heterocycles. The number of halogens is 1. The summed E-state index contributed by atoms with van der Waals surface area (Å²) < 4.78 is 5.06. The second-order valence-corrected chi connectivity index (χ2v) is 3.67. The molecule has 0 amide bonds. The van der Waals surface area contributed by atoms with E-state index in [9.17, 15) is 0 Å². The molecule has 0 aliphatic carbocycles. The molecule has 1 aromatic carbocycles. The summed E-state index contributed by atoms with van der Waals surface area (Å²) >= 11 is 3.46. The van der Waals surface area contributed by atoms with Crippen molar-refractivity contribution in [2.75, 3.05) is 7.11 Å². The maximum atomic E-state index is 5.06. The summed E-state index contributed by atoms with van der Waals surface area (Å²) in [4.78, 5) is 0.331. The van der Waals surface area contributed by atoms with Gasteiger partial charge in [0.2, 0.25) is 0 Å². The van der Waals surface area contributed by atoms with Gasteiger partial charge in [-0.25, -0.2) is 0 Å². The Morgan fingerprint density at radius 1 is 1.58 bits per heavy atom. The van der Waals surface area contributed by atoms with Gasteiger partial charge in [-0.15, -0.1) is 17.7 Å². The topological polar surface area (TPSA) is 9.23 Å². The first kappa shape index (κ1) is 12.6. The zero-order valence-electron chi connectivity index (χ0n) is 7.17. The summed E-state index contributed by atoms with van der Waals surface area (Å²) in [5, 5.41) is 0. The SMILES string of the molecule is COc1cc[c-]c([C@@H](C)Br)c1.[Y]. The van der Waals surface area contributed by atoms with Crippen LogP contribution < -0.4 is 4.74 Å². The predicted octanol–water partition coefficient (Wildman–Crippen LogP) is 2.95. The van der Waals surface area contributed by atoms with Crippen LogP contribution in [-0.2, 0) is 32.7 Å². The van der Waals surface area contributed by atoms with E-state index in [2.05, 4.69) is 28.9 Å². The minimum Gasteiger partial charge on any atom is -0.522 e. The van der Waals surface area contributed by atoms with Crippen LogP contribution in [-0.4, -0.2) is 7.11 Å². The number of methoxy groups -OCH3 is 1. The van der Waals surface area contributed by atoms with E-state index in [0.717, 1.165) is 11.3 Å². The third-order valence-electron chi connectivity index (χ3n) is 1.46. The molecule has 1 atom stereocenters. The normalized spacial score (nSPS) is 11.6. The van der Waals surface area contributed by atoms with E-state index in [1.807, 2.05) is 18.2 Å². The molecule has 1 nitrogen and oxygen atoms in total. The van der Waals surface area contributed by atoms with E-state index < -0.39 is 0 Å². The fourth-order valence-corrected chi connectivity index (χ4v) is 1.08. The average molecular weight is 303 g/mol. The Morgan fingerprint density at radius 3 is 2.75 bits per heavy atom. The first-order chi connectivity index (χ1) is 5.24. The van der Waals surface area contributed by atoms with Crippen molar-refractivity contribution in [2.24, 2.45) is 0 Å². The first-order valence-corrected chi connectivity index (χ1v) is 4.35. The van der Waals surface area contributed by atoms with E-state index in [4.69, 9.17) is 4.74 Å². The van der Waals surface area contributed by atoms with Crippen molar-refractivity contribution in [1.29, 1.82) is 0 Å². The molecule has 0 fully saturated rings. The van der Waals surface area contributed by atoms with Crippen molar-refractivity contribution in [2.45, 2.75) is 11.8 Å². The van der Waals surface area contributed by atoms with Crippen molar-refractivity contribution >= 4 is 15.9 Å². The van der Waals surface area contributed by atoms with E-state index in [1.54, 1.807) is 7.11 Å². The van der Waals surface area contributed by atoms with E-state index in [1.165, 1.54) is 0 Å². The van der Waals surface area contributed by atoms with Gasteiger partial charge in [0.05, 0.1) is 7.11 Å². The fraction of sp³-hybridized carbons (Fsp3) is 0.333. The number of benzene rings is 1. The summed E-state index contributed by atoms with van der Waals surface area (Å²) in [6, 6.07) is 8.84. The fourth-order valence-electron chi connectivity index (χ4n) is 0.820. The second-order valence-electron chi connectivity index (χ2n) is 2.30. The van der Waals surface area contributed by atoms with E-state index >= 15 is 0 Å². The molecular weight excluding hydrogens is 293 g/mol. The summed E-state index contributed by atoms with van der Waals surface area (Å²) in [5.41, 5.74) is 1.12. The van der Waals surface area contributed by atoms with E-state index in [-0.39, 0.29) is 32.7 Å². The predicted molar refractivity (Wildman–Crippen MR) is 49.2 cm³/mol. The maximum Gasteiger partial charge on any atom is 0.0743 e. The van der Waals surface area contributed by atoms with Crippen molar-refractivity contribution in [3.05, 3.63) is 29.8 Å². The standard InChI is InChI=1S/C9H10BrO.Y/c1-7(10)8-4-3-5-9(6-8)11-2;/h3,5-7H,1-2H3;/q-1;/t7-;/m1./s1. The molecular formula is C9H10BrOY-. The molecule has 0 N–H and O–H groups in total. The van der Waals surface area contributed by atoms with Gasteiger partial charge in [0, 0.05) is 43.3 Å². The minimum atomic E-state index is 0. The van der Waals surface area contributed by atoms with Gasteiger partial charge in [-0.05, 0) is 0 Å². The van der Waals surface area contributed by atoms with Gasteiger partial charge in [0.1, 0.15) is 0 Å².